The highest BCUT2D eigenvalue weighted by atomic mass is 14.7. The summed E-state index contributed by atoms with van der Waals surface area (Å²) in [5.74, 6) is 0.634. The van der Waals surface area contributed by atoms with Crippen LogP contribution in [0.4, 0.5) is 0 Å². The van der Waals surface area contributed by atoms with E-state index in [2.05, 4.69) is 96.1 Å². The summed E-state index contributed by atoms with van der Waals surface area (Å²) >= 11 is 0. The molecule has 0 fully saturated rings. The van der Waals surface area contributed by atoms with Crippen molar-refractivity contribution in [2.75, 3.05) is 0 Å². The van der Waals surface area contributed by atoms with E-state index in [0.717, 1.165) is 18.5 Å². The van der Waals surface area contributed by atoms with Crippen LogP contribution >= 0.6 is 0 Å². The number of rotatable bonds is 3. The van der Waals surface area contributed by atoms with E-state index in [9.17, 15) is 0 Å². The van der Waals surface area contributed by atoms with Gasteiger partial charge in [0.25, 0.3) is 0 Å². The third kappa shape index (κ3) is 3.75. The second-order valence-electron chi connectivity index (χ2n) is 11.2. The van der Waals surface area contributed by atoms with Gasteiger partial charge in [0, 0.05) is 17.1 Å². The number of nitrogens with zero attached hydrogens (tertiary/aromatic N) is 1. The molecule has 162 valence electrons. The van der Waals surface area contributed by atoms with Crippen LogP contribution in [0.25, 0.3) is 44.3 Å². The third-order valence-electron chi connectivity index (χ3n) is 6.40. The molecule has 0 saturated carbocycles. The Hall–Kier alpha value is -2.93. The van der Waals surface area contributed by atoms with E-state index in [0.29, 0.717) is 5.92 Å². The van der Waals surface area contributed by atoms with Crippen molar-refractivity contribution in [3.63, 3.8) is 0 Å². The van der Waals surface area contributed by atoms with E-state index < -0.39 is 0 Å². The maximum absolute atomic E-state index is 4.94. The zero-order valence-corrected chi connectivity index (χ0v) is 20.2. The van der Waals surface area contributed by atoms with Crippen molar-refractivity contribution in [1.82, 2.24) is 4.98 Å². The summed E-state index contributed by atoms with van der Waals surface area (Å²) in [6.45, 7) is 13.7. The van der Waals surface area contributed by atoms with Crippen LogP contribution in [-0.4, -0.2) is 4.98 Å². The highest BCUT2D eigenvalue weighted by Crippen LogP contribution is 2.48. The Kier molecular flexibility index (Phi) is 4.97. The maximum atomic E-state index is 4.94. The average molecular weight is 420 g/mol. The molecular formula is C31H33N. The van der Waals surface area contributed by atoms with E-state index in [1.54, 1.807) is 0 Å². The van der Waals surface area contributed by atoms with E-state index in [1.807, 2.05) is 6.20 Å². The van der Waals surface area contributed by atoms with Crippen LogP contribution in [-0.2, 0) is 12.8 Å². The molecule has 1 heterocycles. The molecule has 0 saturated heterocycles. The molecule has 4 aromatic rings. The molecule has 0 aliphatic heterocycles. The minimum absolute atomic E-state index is 0.242. The largest absolute Gasteiger partial charge is 0.256 e. The fourth-order valence-corrected chi connectivity index (χ4v) is 5.24. The first-order valence-corrected chi connectivity index (χ1v) is 11.9. The van der Waals surface area contributed by atoms with Gasteiger partial charge in [0.15, 0.2) is 0 Å². The molecule has 0 amide bonds. The van der Waals surface area contributed by atoms with Gasteiger partial charge in [-0.1, -0.05) is 88.7 Å². The van der Waals surface area contributed by atoms with E-state index in [-0.39, 0.29) is 5.41 Å². The van der Waals surface area contributed by atoms with E-state index in [1.165, 1.54) is 55.3 Å². The molecule has 0 unspecified atom stereocenters. The molecule has 1 heteroatoms. The fraction of sp³-hybridized carbons (Fsp3) is 0.323. The molecule has 1 aliphatic rings. The lowest BCUT2D eigenvalue weighted by molar-refractivity contribution is 0.411. The van der Waals surface area contributed by atoms with Gasteiger partial charge < -0.3 is 0 Å². The van der Waals surface area contributed by atoms with Gasteiger partial charge in [-0.25, -0.2) is 0 Å². The zero-order valence-electron chi connectivity index (χ0n) is 20.2. The number of aryl methyl sites for hydroxylation is 1. The minimum atomic E-state index is 0.242. The number of pyridine rings is 1. The number of benzene rings is 3. The molecule has 3 aromatic carbocycles. The van der Waals surface area contributed by atoms with Gasteiger partial charge in [-0.05, 0) is 75.9 Å². The van der Waals surface area contributed by atoms with Crippen LogP contribution in [0.15, 0.2) is 60.8 Å². The minimum Gasteiger partial charge on any atom is -0.256 e. The van der Waals surface area contributed by atoms with Gasteiger partial charge in [-0.15, -0.1) is 0 Å². The Morgan fingerprint density at radius 1 is 0.750 bits per heavy atom. The fourth-order valence-electron chi connectivity index (χ4n) is 5.24. The van der Waals surface area contributed by atoms with Crippen LogP contribution < -0.4 is 0 Å². The molecule has 0 atom stereocenters. The summed E-state index contributed by atoms with van der Waals surface area (Å²) in [5, 5.41) is 2.57. The predicted molar refractivity (Wildman–Crippen MR) is 138 cm³/mol. The number of hydrogen-bond donors (Lipinski definition) is 0. The van der Waals surface area contributed by atoms with Crippen molar-refractivity contribution < 1.29 is 0 Å². The van der Waals surface area contributed by atoms with Gasteiger partial charge in [0.1, 0.15) is 0 Å². The summed E-state index contributed by atoms with van der Waals surface area (Å²) in [5.41, 5.74) is 12.0. The predicted octanol–water partition coefficient (Wildman–Crippen LogP) is 8.64. The van der Waals surface area contributed by atoms with Crippen LogP contribution in [0, 0.1) is 18.3 Å². The standard InChI is InChI=1S/C31H33N/c1-19(2)13-21-8-10-25-27(16-21)26-14-20(3)7-9-24(26)28-17-22(18-31(4,5)6)15-23-11-12-32-30(25)29(23)28/h7-12,14-17,19H,13,18H2,1-6H3. The Balaban J connectivity index is 1.86. The van der Waals surface area contributed by atoms with Crippen molar-refractivity contribution in [1.29, 1.82) is 0 Å². The van der Waals surface area contributed by atoms with Crippen LogP contribution in [0.2, 0.25) is 0 Å². The molecule has 0 radical (unpaired) electrons. The first-order valence-electron chi connectivity index (χ1n) is 11.9. The molecule has 32 heavy (non-hydrogen) atoms. The molecule has 1 nitrogen and oxygen atoms in total. The van der Waals surface area contributed by atoms with Gasteiger partial charge in [0.05, 0.1) is 5.69 Å². The van der Waals surface area contributed by atoms with Crippen molar-refractivity contribution >= 4 is 10.8 Å². The molecule has 5 rings (SSSR count). The smallest absolute Gasteiger partial charge is 0.0792 e. The number of fused-ring (bicyclic) bond motifs is 5. The first kappa shape index (κ1) is 20.9. The van der Waals surface area contributed by atoms with Crippen molar-refractivity contribution in [3.8, 4) is 33.5 Å². The van der Waals surface area contributed by atoms with Crippen LogP contribution in [0.5, 0.6) is 0 Å². The highest BCUT2D eigenvalue weighted by Gasteiger charge is 2.24. The van der Waals surface area contributed by atoms with Crippen LogP contribution in [0.3, 0.4) is 0 Å². The molecule has 0 N–H and O–H groups in total. The SMILES string of the molecule is Cc1ccc2c(c1)-c1cc(CC(C)C)ccc1-c1nccc3cc(CC(C)(C)C)cc-2c13. The first-order chi connectivity index (χ1) is 15.2. The lowest BCUT2D eigenvalue weighted by Gasteiger charge is -2.20. The van der Waals surface area contributed by atoms with Crippen molar-refractivity contribution in [2.45, 2.75) is 54.4 Å². The molecule has 1 aliphatic carbocycles. The Morgan fingerprint density at radius 3 is 2.22 bits per heavy atom. The number of aromatic nitrogens is 1. The Morgan fingerprint density at radius 2 is 1.47 bits per heavy atom. The second-order valence-corrected chi connectivity index (χ2v) is 11.2. The van der Waals surface area contributed by atoms with Gasteiger partial charge in [0.2, 0.25) is 0 Å². The van der Waals surface area contributed by atoms with E-state index >= 15 is 0 Å². The molecule has 0 bridgehead atoms. The zero-order chi connectivity index (χ0) is 22.6. The second kappa shape index (κ2) is 7.59. The highest BCUT2D eigenvalue weighted by molar-refractivity contribution is 6.12. The summed E-state index contributed by atoms with van der Waals surface area (Å²) in [6, 6.07) is 20.9. The third-order valence-corrected chi connectivity index (χ3v) is 6.40. The summed E-state index contributed by atoms with van der Waals surface area (Å²) < 4.78 is 0. The van der Waals surface area contributed by atoms with Crippen molar-refractivity contribution in [2.24, 2.45) is 11.3 Å². The van der Waals surface area contributed by atoms with Gasteiger partial charge >= 0.3 is 0 Å². The Bertz CT molecular complexity index is 1330. The lowest BCUT2D eigenvalue weighted by atomic mass is 9.85. The van der Waals surface area contributed by atoms with Gasteiger partial charge in [-0.2, -0.15) is 0 Å². The quantitative estimate of drug-likeness (QED) is 0.285. The van der Waals surface area contributed by atoms with Crippen LogP contribution in [0.1, 0.15) is 51.3 Å². The lowest BCUT2D eigenvalue weighted by Crippen LogP contribution is -2.09. The summed E-state index contributed by atoms with van der Waals surface area (Å²) in [7, 11) is 0. The Labute approximate surface area is 192 Å². The maximum Gasteiger partial charge on any atom is 0.0792 e. The topological polar surface area (TPSA) is 12.9 Å². The van der Waals surface area contributed by atoms with E-state index in [4.69, 9.17) is 4.98 Å². The molecule has 1 aromatic heterocycles. The normalized spacial score (nSPS) is 12.6. The summed E-state index contributed by atoms with van der Waals surface area (Å²) in [6.07, 6.45) is 4.13. The average Bonchev–Trinajstić information content (AvgIpc) is 2.81. The molecule has 0 spiro atoms. The van der Waals surface area contributed by atoms with Gasteiger partial charge in [-0.3, -0.25) is 4.98 Å². The molecular weight excluding hydrogens is 386 g/mol. The van der Waals surface area contributed by atoms with Crippen molar-refractivity contribution in [3.05, 3.63) is 77.5 Å². The number of hydrogen-bond acceptors (Lipinski definition) is 1. The monoisotopic (exact) mass is 419 g/mol. The summed E-state index contributed by atoms with van der Waals surface area (Å²) in [4.78, 5) is 4.94.